The highest BCUT2D eigenvalue weighted by atomic mass is 16.5. The van der Waals surface area contributed by atoms with E-state index in [1.54, 1.807) is 16.7 Å². The zero-order chi connectivity index (χ0) is 20.4. The first kappa shape index (κ1) is 21.0. The molecule has 2 fully saturated rings. The number of methoxy groups -OCH3 is 1. The van der Waals surface area contributed by atoms with Gasteiger partial charge in [0.05, 0.1) is 13.2 Å². The van der Waals surface area contributed by atoms with Gasteiger partial charge in [0, 0.05) is 7.11 Å². The molecule has 0 radical (unpaired) electrons. The summed E-state index contributed by atoms with van der Waals surface area (Å²) in [5.41, 5.74) is 6.75. The number of hydrogen-bond donors (Lipinski definition) is 0. The van der Waals surface area contributed by atoms with E-state index in [0.29, 0.717) is 5.41 Å². The second kappa shape index (κ2) is 8.84. The summed E-state index contributed by atoms with van der Waals surface area (Å²) >= 11 is 0. The molecule has 160 valence electrons. The Labute approximate surface area is 178 Å². The topological polar surface area (TPSA) is 18.5 Å². The van der Waals surface area contributed by atoms with E-state index < -0.39 is 0 Å². The lowest BCUT2D eigenvalue weighted by Crippen LogP contribution is -2.40. The zero-order valence-electron chi connectivity index (χ0n) is 19.1. The highest BCUT2D eigenvalue weighted by molar-refractivity contribution is 5.46. The van der Waals surface area contributed by atoms with Crippen molar-refractivity contribution in [2.75, 3.05) is 20.3 Å². The van der Waals surface area contributed by atoms with Gasteiger partial charge in [0.25, 0.3) is 0 Å². The summed E-state index contributed by atoms with van der Waals surface area (Å²) in [6.07, 6.45) is 13.7. The third kappa shape index (κ3) is 3.78. The van der Waals surface area contributed by atoms with Gasteiger partial charge in [-0.2, -0.15) is 0 Å². The number of allylic oxidation sites excluding steroid dienone is 1. The van der Waals surface area contributed by atoms with Crippen molar-refractivity contribution in [3.8, 4) is 5.75 Å². The third-order valence-electron chi connectivity index (χ3n) is 8.39. The summed E-state index contributed by atoms with van der Waals surface area (Å²) in [4.78, 5) is 0. The molecule has 0 aromatic heterocycles. The van der Waals surface area contributed by atoms with Gasteiger partial charge in [-0.25, -0.2) is 0 Å². The van der Waals surface area contributed by atoms with Crippen LogP contribution in [0.15, 0.2) is 23.8 Å². The normalized spacial score (nSPS) is 32.0. The summed E-state index contributed by atoms with van der Waals surface area (Å²) in [7, 11) is 1.81. The molecular weight excluding hydrogens is 356 g/mol. The Bertz CT molecular complexity index is 749. The number of unbranched alkanes of at least 4 members (excludes halogenated alkanes) is 1. The number of benzene rings is 1. The average molecular weight is 397 g/mol. The number of fused-ring (bicyclic) bond motifs is 5. The Kier molecular flexibility index (Phi) is 6.39. The van der Waals surface area contributed by atoms with Crippen LogP contribution in [0, 0.1) is 17.3 Å². The van der Waals surface area contributed by atoms with E-state index >= 15 is 0 Å². The van der Waals surface area contributed by atoms with E-state index in [1.807, 2.05) is 7.11 Å². The van der Waals surface area contributed by atoms with E-state index in [2.05, 4.69) is 39.0 Å². The molecule has 0 saturated heterocycles. The molecule has 4 atom stereocenters. The van der Waals surface area contributed by atoms with Crippen LogP contribution < -0.4 is 4.74 Å². The standard InChI is InChI=1S/C27H40O2/c1-5-7-15-29-26-18-20-8-10-23-22(24(20)17-19(26)6-2)12-14-27(3)21(13-16-28-4)9-11-25(23)27/h13,17-18,22-23,25H,5-12,14-16H2,1-4H3/b21-13+/t22-,23+,25-,27+/m0/s1. The van der Waals surface area contributed by atoms with E-state index in [1.165, 1.54) is 50.5 Å². The van der Waals surface area contributed by atoms with Crippen LogP contribution in [0.4, 0.5) is 0 Å². The van der Waals surface area contributed by atoms with Crippen molar-refractivity contribution in [2.24, 2.45) is 17.3 Å². The molecule has 0 bridgehead atoms. The molecule has 3 aliphatic carbocycles. The second-order valence-electron chi connectivity index (χ2n) is 9.81. The summed E-state index contributed by atoms with van der Waals surface area (Å²) in [6, 6.07) is 4.94. The van der Waals surface area contributed by atoms with Gasteiger partial charge in [-0.3, -0.25) is 0 Å². The van der Waals surface area contributed by atoms with Gasteiger partial charge in [0.2, 0.25) is 0 Å². The molecule has 0 N–H and O–H groups in total. The predicted octanol–water partition coefficient (Wildman–Crippen LogP) is 6.86. The van der Waals surface area contributed by atoms with Gasteiger partial charge in [-0.15, -0.1) is 0 Å². The lowest BCUT2D eigenvalue weighted by atomic mass is 9.55. The van der Waals surface area contributed by atoms with Crippen LogP contribution in [0.25, 0.3) is 0 Å². The Balaban J connectivity index is 1.59. The van der Waals surface area contributed by atoms with Crippen LogP contribution in [0.3, 0.4) is 0 Å². The highest BCUT2D eigenvalue weighted by Gasteiger charge is 2.52. The maximum atomic E-state index is 6.19. The fourth-order valence-corrected chi connectivity index (χ4v) is 6.75. The summed E-state index contributed by atoms with van der Waals surface area (Å²) in [5.74, 6) is 3.62. The monoisotopic (exact) mass is 396 g/mol. The molecule has 0 unspecified atom stereocenters. The zero-order valence-corrected chi connectivity index (χ0v) is 19.1. The third-order valence-corrected chi connectivity index (χ3v) is 8.39. The fourth-order valence-electron chi connectivity index (χ4n) is 6.75. The van der Waals surface area contributed by atoms with Gasteiger partial charge >= 0.3 is 0 Å². The summed E-state index contributed by atoms with van der Waals surface area (Å²) in [6.45, 7) is 8.68. The molecule has 29 heavy (non-hydrogen) atoms. The summed E-state index contributed by atoms with van der Waals surface area (Å²) in [5, 5.41) is 0. The summed E-state index contributed by atoms with van der Waals surface area (Å²) < 4.78 is 11.6. The lowest BCUT2D eigenvalue weighted by Gasteiger charge is -2.49. The molecule has 2 nitrogen and oxygen atoms in total. The van der Waals surface area contributed by atoms with Crippen LogP contribution in [0.2, 0.25) is 0 Å². The molecule has 1 aromatic rings. The minimum atomic E-state index is 0.411. The van der Waals surface area contributed by atoms with E-state index in [-0.39, 0.29) is 0 Å². The fraction of sp³-hybridized carbons (Fsp3) is 0.704. The molecule has 2 heteroatoms. The highest BCUT2D eigenvalue weighted by Crippen LogP contribution is 2.63. The maximum absolute atomic E-state index is 6.19. The number of ether oxygens (including phenoxy) is 2. The first-order valence-electron chi connectivity index (χ1n) is 12.1. The van der Waals surface area contributed by atoms with Crippen molar-refractivity contribution in [3.05, 3.63) is 40.5 Å². The van der Waals surface area contributed by atoms with E-state index in [4.69, 9.17) is 9.47 Å². The molecule has 0 aliphatic heterocycles. The minimum absolute atomic E-state index is 0.411. The first-order valence-corrected chi connectivity index (χ1v) is 12.1. The number of rotatable bonds is 7. The van der Waals surface area contributed by atoms with Crippen LogP contribution in [-0.4, -0.2) is 20.3 Å². The Morgan fingerprint density at radius 1 is 1.14 bits per heavy atom. The lowest BCUT2D eigenvalue weighted by molar-refractivity contribution is 0.0807. The first-order chi connectivity index (χ1) is 14.1. The van der Waals surface area contributed by atoms with Crippen molar-refractivity contribution >= 4 is 0 Å². The quantitative estimate of drug-likeness (QED) is 0.370. The molecule has 4 rings (SSSR count). The maximum Gasteiger partial charge on any atom is 0.122 e. The van der Waals surface area contributed by atoms with Crippen molar-refractivity contribution in [1.29, 1.82) is 0 Å². The molecule has 0 amide bonds. The Morgan fingerprint density at radius 3 is 2.76 bits per heavy atom. The molecule has 1 aromatic carbocycles. The van der Waals surface area contributed by atoms with Gasteiger partial charge in [0.15, 0.2) is 0 Å². The molecule has 3 aliphatic rings. The Hall–Kier alpha value is -1.28. The SMILES string of the molecule is CCCCOc1cc2c(cc1CC)[C@H]1CC[C@]3(C)/C(=C/COC)CC[C@H]3[C@@H]1CC2. The molecular formula is C27H40O2. The van der Waals surface area contributed by atoms with Crippen LogP contribution in [0.5, 0.6) is 5.75 Å². The molecule has 0 spiro atoms. The van der Waals surface area contributed by atoms with Gasteiger partial charge in [-0.05, 0) is 97.3 Å². The van der Waals surface area contributed by atoms with Crippen LogP contribution in [-0.2, 0) is 17.6 Å². The van der Waals surface area contributed by atoms with Crippen molar-refractivity contribution in [1.82, 2.24) is 0 Å². The van der Waals surface area contributed by atoms with Crippen molar-refractivity contribution < 1.29 is 9.47 Å². The Morgan fingerprint density at radius 2 is 2.00 bits per heavy atom. The van der Waals surface area contributed by atoms with Gasteiger partial charge < -0.3 is 9.47 Å². The molecule has 2 saturated carbocycles. The van der Waals surface area contributed by atoms with Crippen LogP contribution >= 0.6 is 0 Å². The van der Waals surface area contributed by atoms with E-state index in [0.717, 1.165) is 49.6 Å². The number of aryl methyl sites for hydroxylation is 2. The van der Waals surface area contributed by atoms with Crippen molar-refractivity contribution in [3.63, 3.8) is 0 Å². The number of hydrogen-bond acceptors (Lipinski definition) is 2. The largest absolute Gasteiger partial charge is 0.493 e. The molecule has 0 heterocycles. The van der Waals surface area contributed by atoms with Crippen molar-refractivity contribution in [2.45, 2.75) is 84.5 Å². The minimum Gasteiger partial charge on any atom is -0.493 e. The van der Waals surface area contributed by atoms with E-state index in [9.17, 15) is 0 Å². The predicted molar refractivity (Wildman–Crippen MR) is 121 cm³/mol. The average Bonchev–Trinajstić information content (AvgIpc) is 3.07. The van der Waals surface area contributed by atoms with Gasteiger partial charge in [0.1, 0.15) is 5.75 Å². The second-order valence-corrected chi connectivity index (χ2v) is 9.81. The van der Waals surface area contributed by atoms with Crippen LogP contribution in [0.1, 0.15) is 88.3 Å². The smallest absolute Gasteiger partial charge is 0.122 e. The van der Waals surface area contributed by atoms with Gasteiger partial charge in [-0.1, -0.05) is 44.9 Å².